The zero-order chi connectivity index (χ0) is 36.1. The maximum atomic E-state index is 6.69. The maximum absolute atomic E-state index is 6.69. The summed E-state index contributed by atoms with van der Waals surface area (Å²) in [5.41, 5.74) is 12.7. The first-order valence-electron chi connectivity index (χ1n) is 19.2. The van der Waals surface area contributed by atoms with Gasteiger partial charge in [-0.2, -0.15) is 0 Å². The van der Waals surface area contributed by atoms with Crippen molar-refractivity contribution in [2.45, 2.75) is 32.6 Å². The average molecular weight is 694 g/mol. The Morgan fingerprint density at radius 1 is 0.556 bits per heavy atom. The predicted molar refractivity (Wildman–Crippen MR) is 229 cm³/mol. The zero-order valence-corrected chi connectivity index (χ0v) is 30.7. The lowest BCUT2D eigenvalue weighted by atomic mass is 9.82. The van der Waals surface area contributed by atoms with Gasteiger partial charge in [0.15, 0.2) is 0 Å². The molecule has 0 spiro atoms. The fourth-order valence-electron chi connectivity index (χ4n) is 9.37. The average Bonchev–Trinajstić information content (AvgIpc) is 3.70. The second-order valence-corrected chi connectivity index (χ2v) is 15.8. The molecule has 2 heteroatoms. The highest BCUT2D eigenvalue weighted by Gasteiger charge is 2.38. The van der Waals surface area contributed by atoms with Crippen molar-refractivity contribution in [2.75, 3.05) is 4.90 Å². The van der Waals surface area contributed by atoms with E-state index in [2.05, 4.69) is 189 Å². The molecule has 8 aromatic carbocycles. The third kappa shape index (κ3) is 4.53. The van der Waals surface area contributed by atoms with Crippen LogP contribution < -0.4 is 4.90 Å². The lowest BCUT2D eigenvalue weighted by molar-refractivity contribution is 0.653. The molecule has 0 bridgehead atoms. The quantitative estimate of drug-likeness (QED) is 0.171. The Hall–Kier alpha value is -6.38. The predicted octanol–water partition coefficient (Wildman–Crippen LogP) is 14.8. The van der Waals surface area contributed by atoms with Gasteiger partial charge in [0, 0.05) is 38.8 Å². The van der Waals surface area contributed by atoms with Crippen LogP contribution in [0.25, 0.3) is 71.0 Å². The normalized spacial score (nSPS) is 16.0. The first-order valence-corrected chi connectivity index (χ1v) is 19.2. The van der Waals surface area contributed by atoms with Gasteiger partial charge in [0.1, 0.15) is 11.2 Å². The largest absolute Gasteiger partial charge is 0.455 e. The van der Waals surface area contributed by atoms with Crippen LogP contribution in [0.4, 0.5) is 17.1 Å². The number of benzene rings is 8. The molecule has 0 amide bonds. The Bertz CT molecular complexity index is 3030. The molecule has 1 aromatic heterocycles. The fraction of sp³-hybridized carbons (Fsp3) is 0.115. The van der Waals surface area contributed by atoms with Crippen molar-refractivity contribution in [3.05, 3.63) is 181 Å². The van der Waals surface area contributed by atoms with Crippen LogP contribution in [-0.4, -0.2) is 0 Å². The Balaban J connectivity index is 1.14. The van der Waals surface area contributed by atoms with Crippen LogP contribution in [0, 0.1) is 5.92 Å². The number of para-hydroxylation sites is 1. The van der Waals surface area contributed by atoms with E-state index in [4.69, 9.17) is 4.42 Å². The third-order valence-corrected chi connectivity index (χ3v) is 12.2. The van der Waals surface area contributed by atoms with Crippen molar-refractivity contribution >= 4 is 76.9 Å². The molecule has 1 atom stereocenters. The van der Waals surface area contributed by atoms with Crippen molar-refractivity contribution in [3.8, 4) is 11.1 Å². The molecule has 11 rings (SSSR count). The number of anilines is 3. The van der Waals surface area contributed by atoms with Crippen molar-refractivity contribution in [1.29, 1.82) is 0 Å². The summed E-state index contributed by atoms with van der Waals surface area (Å²) in [6, 6.07) is 53.8. The Labute approximate surface area is 315 Å². The molecule has 0 saturated heterocycles. The van der Waals surface area contributed by atoms with Gasteiger partial charge in [0.25, 0.3) is 0 Å². The van der Waals surface area contributed by atoms with Crippen LogP contribution in [0.5, 0.6) is 0 Å². The highest BCUT2D eigenvalue weighted by atomic mass is 16.3. The summed E-state index contributed by atoms with van der Waals surface area (Å²) < 4.78 is 6.69. The minimum Gasteiger partial charge on any atom is -0.455 e. The van der Waals surface area contributed by atoms with E-state index in [9.17, 15) is 0 Å². The van der Waals surface area contributed by atoms with E-state index < -0.39 is 0 Å². The first-order chi connectivity index (χ1) is 26.4. The van der Waals surface area contributed by atoms with Crippen molar-refractivity contribution in [3.63, 3.8) is 0 Å². The maximum Gasteiger partial charge on any atom is 0.143 e. The minimum atomic E-state index is -0.162. The zero-order valence-electron chi connectivity index (χ0n) is 30.7. The van der Waals surface area contributed by atoms with E-state index in [0.717, 1.165) is 40.0 Å². The number of furan rings is 1. The lowest BCUT2D eigenvalue weighted by Gasteiger charge is -2.28. The van der Waals surface area contributed by atoms with Gasteiger partial charge in [-0.1, -0.05) is 142 Å². The van der Waals surface area contributed by atoms with Crippen LogP contribution in [0.3, 0.4) is 0 Å². The summed E-state index contributed by atoms with van der Waals surface area (Å²) >= 11 is 0. The Morgan fingerprint density at radius 2 is 1.13 bits per heavy atom. The molecule has 258 valence electrons. The van der Waals surface area contributed by atoms with E-state index in [-0.39, 0.29) is 5.41 Å². The Morgan fingerprint density at radius 3 is 1.83 bits per heavy atom. The van der Waals surface area contributed by atoms with Gasteiger partial charge in [0.2, 0.25) is 0 Å². The topological polar surface area (TPSA) is 16.4 Å². The van der Waals surface area contributed by atoms with Crippen LogP contribution in [0.15, 0.2) is 168 Å². The fourth-order valence-corrected chi connectivity index (χ4v) is 9.37. The molecule has 9 aromatic rings. The van der Waals surface area contributed by atoms with E-state index in [1.807, 2.05) is 0 Å². The monoisotopic (exact) mass is 693 g/mol. The van der Waals surface area contributed by atoms with Crippen molar-refractivity contribution < 1.29 is 4.42 Å². The molecule has 0 saturated carbocycles. The molecule has 54 heavy (non-hydrogen) atoms. The molecular weight excluding hydrogens is 655 g/mol. The smallest absolute Gasteiger partial charge is 0.143 e. The lowest BCUT2D eigenvalue weighted by Crippen LogP contribution is -2.15. The number of rotatable bonds is 4. The molecule has 0 aliphatic heterocycles. The molecular formula is C52H39NO. The van der Waals surface area contributed by atoms with E-state index in [1.165, 1.54) is 71.1 Å². The van der Waals surface area contributed by atoms with Crippen LogP contribution in [-0.2, 0) is 5.41 Å². The second-order valence-electron chi connectivity index (χ2n) is 15.8. The van der Waals surface area contributed by atoms with E-state index >= 15 is 0 Å². The molecule has 1 unspecified atom stereocenters. The molecule has 0 fully saturated rings. The number of fused-ring (bicyclic) bond motifs is 13. The van der Waals surface area contributed by atoms with Crippen molar-refractivity contribution in [1.82, 2.24) is 0 Å². The van der Waals surface area contributed by atoms with Crippen LogP contribution in [0.2, 0.25) is 0 Å². The second kappa shape index (κ2) is 11.6. The summed E-state index contributed by atoms with van der Waals surface area (Å²) in [7, 11) is 0. The molecule has 2 aliphatic carbocycles. The number of allylic oxidation sites excluding steroid dienone is 4. The standard InChI is InChI=1S/C52H39NO/c1-32-16-18-33(19-17-32)34-20-22-35(23-21-34)53(36-24-26-42-40-12-5-4-10-38(40)39-11-6-7-13-41(39)45(42)30-36)37-25-28-47-46(31-37)50-48(52(47,2)3)29-27-44-43-14-8-9-15-49(43)54-51(44)50/h4-16,18-32H,17H2,1-3H3. The van der Waals surface area contributed by atoms with Gasteiger partial charge >= 0.3 is 0 Å². The highest BCUT2D eigenvalue weighted by molar-refractivity contribution is 6.26. The van der Waals surface area contributed by atoms with Gasteiger partial charge in [-0.25, -0.2) is 0 Å². The van der Waals surface area contributed by atoms with Crippen LogP contribution >= 0.6 is 0 Å². The summed E-state index contributed by atoms with van der Waals surface area (Å²) in [6.07, 6.45) is 8.04. The SMILES string of the molecule is CC1C=CC(c2ccc(N(c3ccc4c(c3)-c3c(ccc5c3oc3ccccc35)C4(C)C)c3ccc4c5ccccc5c5ccccc5c4c3)cc2)=CC1. The van der Waals surface area contributed by atoms with Gasteiger partial charge < -0.3 is 9.32 Å². The van der Waals surface area contributed by atoms with Gasteiger partial charge in [0.05, 0.1) is 0 Å². The molecule has 0 radical (unpaired) electrons. The van der Waals surface area contributed by atoms with E-state index in [0.29, 0.717) is 5.92 Å². The van der Waals surface area contributed by atoms with Gasteiger partial charge in [-0.3, -0.25) is 0 Å². The number of hydrogen-bond donors (Lipinski definition) is 0. The first kappa shape index (κ1) is 31.2. The molecule has 0 N–H and O–H groups in total. The van der Waals surface area contributed by atoms with Gasteiger partial charge in [-0.05, 0) is 115 Å². The summed E-state index contributed by atoms with van der Waals surface area (Å²) in [6.45, 7) is 6.96. The minimum absolute atomic E-state index is 0.162. The van der Waals surface area contributed by atoms with Crippen molar-refractivity contribution in [2.24, 2.45) is 5.92 Å². The third-order valence-electron chi connectivity index (χ3n) is 12.2. The van der Waals surface area contributed by atoms with Gasteiger partial charge in [-0.15, -0.1) is 0 Å². The van der Waals surface area contributed by atoms with E-state index in [1.54, 1.807) is 0 Å². The summed E-state index contributed by atoms with van der Waals surface area (Å²) in [4.78, 5) is 2.43. The summed E-state index contributed by atoms with van der Waals surface area (Å²) in [5, 5.41) is 9.97. The molecule has 2 nitrogen and oxygen atoms in total. The number of hydrogen-bond acceptors (Lipinski definition) is 2. The summed E-state index contributed by atoms with van der Waals surface area (Å²) in [5.74, 6) is 0.584. The number of nitrogens with zero attached hydrogens (tertiary/aromatic N) is 1. The van der Waals surface area contributed by atoms with Crippen LogP contribution in [0.1, 0.15) is 43.9 Å². The molecule has 2 aliphatic rings. The Kier molecular flexibility index (Phi) is 6.67. The highest BCUT2D eigenvalue weighted by Crippen LogP contribution is 2.54. The molecule has 1 heterocycles.